The highest BCUT2D eigenvalue weighted by Gasteiger charge is 2.13. The smallest absolute Gasteiger partial charge is 0.329 e. The molecule has 8 heteroatoms. The lowest BCUT2D eigenvalue weighted by atomic mass is 10.2. The van der Waals surface area contributed by atoms with Crippen LogP contribution in [0, 0.1) is 6.92 Å². The zero-order valence-electron chi connectivity index (χ0n) is 14.4. The van der Waals surface area contributed by atoms with Crippen LogP contribution in [0.25, 0.3) is 5.82 Å². The summed E-state index contributed by atoms with van der Waals surface area (Å²) >= 11 is 0. The number of aromatic amines is 1. The van der Waals surface area contributed by atoms with Gasteiger partial charge in [0.15, 0.2) is 5.82 Å². The first-order valence-corrected chi connectivity index (χ1v) is 8.07. The number of nitrogens with zero attached hydrogens (tertiary/aromatic N) is 4. The van der Waals surface area contributed by atoms with Crippen LogP contribution in [-0.2, 0) is 13.5 Å². The van der Waals surface area contributed by atoms with Crippen molar-refractivity contribution < 1.29 is 0 Å². The predicted molar refractivity (Wildman–Crippen MR) is 95.7 cm³/mol. The minimum absolute atomic E-state index is 0.335. The van der Waals surface area contributed by atoms with Gasteiger partial charge in [-0.15, -0.1) is 0 Å². The second kappa shape index (κ2) is 6.76. The van der Waals surface area contributed by atoms with E-state index in [0.717, 1.165) is 40.2 Å². The molecule has 3 rings (SSSR count). The van der Waals surface area contributed by atoms with Gasteiger partial charge in [-0.05, 0) is 31.0 Å². The van der Waals surface area contributed by atoms with Gasteiger partial charge in [0.2, 0.25) is 0 Å². The Bertz CT molecular complexity index is 983. The topological polar surface area (TPSA) is 97.6 Å². The summed E-state index contributed by atoms with van der Waals surface area (Å²) in [6.07, 6.45) is 5.10. The number of rotatable bonds is 5. The fraction of sp³-hybridized carbons (Fsp3) is 0.294. The van der Waals surface area contributed by atoms with E-state index >= 15 is 0 Å². The van der Waals surface area contributed by atoms with Gasteiger partial charge < -0.3 is 5.32 Å². The Morgan fingerprint density at radius 3 is 2.76 bits per heavy atom. The van der Waals surface area contributed by atoms with Gasteiger partial charge in [0.25, 0.3) is 5.56 Å². The van der Waals surface area contributed by atoms with Gasteiger partial charge in [-0.3, -0.25) is 14.3 Å². The number of pyridine rings is 1. The first-order valence-electron chi connectivity index (χ1n) is 8.07. The van der Waals surface area contributed by atoms with Gasteiger partial charge >= 0.3 is 5.69 Å². The van der Waals surface area contributed by atoms with Crippen LogP contribution in [0.4, 0.5) is 11.5 Å². The predicted octanol–water partition coefficient (Wildman–Crippen LogP) is 1.66. The third kappa shape index (κ3) is 3.37. The van der Waals surface area contributed by atoms with Crippen LogP contribution < -0.4 is 16.6 Å². The molecule has 0 amide bonds. The number of anilines is 2. The molecule has 0 unspecified atom stereocenters. The molecule has 25 heavy (non-hydrogen) atoms. The number of aryl methyl sites for hydroxylation is 1. The van der Waals surface area contributed by atoms with Crippen molar-refractivity contribution in [2.45, 2.75) is 26.7 Å². The van der Waals surface area contributed by atoms with Crippen molar-refractivity contribution in [2.24, 2.45) is 7.05 Å². The molecule has 0 saturated heterocycles. The summed E-state index contributed by atoms with van der Waals surface area (Å²) in [5, 5.41) is 7.51. The van der Waals surface area contributed by atoms with Gasteiger partial charge in [-0.25, -0.2) is 14.5 Å². The second-order valence-corrected chi connectivity index (χ2v) is 5.87. The van der Waals surface area contributed by atoms with E-state index in [2.05, 4.69) is 27.3 Å². The zero-order chi connectivity index (χ0) is 18.0. The van der Waals surface area contributed by atoms with Gasteiger partial charge in [0.1, 0.15) is 5.82 Å². The van der Waals surface area contributed by atoms with E-state index in [9.17, 15) is 9.59 Å². The highest BCUT2D eigenvalue weighted by atomic mass is 16.2. The number of hydrogen-bond donors (Lipinski definition) is 2. The van der Waals surface area contributed by atoms with E-state index in [1.165, 1.54) is 13.1 Å². The van der Waals surface area contributed by atoms with Crippen LogP contribution in [0.2, 0.25) is 0 Å². The third-order valence-corrected chi connectivity index (χ3v) is 3.89. The summed E-state index contributed by atoms with van der Waals surface area (Å²) < 4.78 is 2.79. The van der Waals surface area contributed by atoms with E-state index in [4.69, 9.17) is 0 Å². The molecule has 0 bridgehead atoms. The minimum Gasteiger partial charge on any atom is -0.339 e. The molecular formula is C17H20N6O2. The number of aromatic nitrogens is 5. The lowest BCUT2D eigenvalue weighted by molar-refractivity contribution is 0.757. The van der Waals surface area contributed by atoms with Crippen molar-refractivity contribution in [2.75, 3.05) is 5.32 Å². The summed E-state index contributed by atoms with van der Waals surface area (Å²) in [5.41, 5.74) is 1.90. The Labute approximate surface area is 144 Å². The summed E-state index contributed by atoms with van der Waals surface area (Å²) in [6.45, 7) is 4.07. The van der Waals surface area contributed by atoms with E-state index in [1.54, 1.807) is 17.1 Å². The van der Waals surface area contributed by atoms with Crippen molar-refractivity contribution in [3.63, 3.8) is 0 Å². The molecule has 8 nitrogen and oxygen atoms in total. The Kier molecular flexibility index (Phi) is 4.51. The van der Waals surface area contributed by atoms with Crippen molar-refractivity contribution in [1.29, 1.82) is 0 Å². The molecule has 0 atom stereocenters. The molecule has 0 aromatic carbocycles. The summed E-state index contributed by atoms with van der Waals surface area (Å²) in [7, 11) is 1.43. The zero-order valence-corrected chi connectivity index (χ0v) is 14.4. The third-order valence-electron chi connectivity index (χ3n) is 3.89. The molecular weight excluding hydrogens is 320 g/mol. The maximum atomic E-state index is 11.8. The molecule has 3 aromatic heterocycles. The van der Waals surface area contributed by atoms with E-state index in [1.807, 2.05) is 19.1 Å². The minimum atomic E-state index is -0.472. The maximum Gasteiger partial charge on any atom is 0.329 e. The quantitative estimate of drug-likeness (QED) is 0.736. The normalized spacial score (nSPS) is 10.8. The van der Waals surface area contributed by atoms with E-state index in [-0.39, 0.29) is 5.56 Å². The van der Waals surface area contributed by atoms with Crippen molar-refractivity contribution in [1.82, 2.24) is 24.3 Å². The lowest BCUT2D eigenvalue weighted by Crippen LogP contribution is -2.32. The largest absolute Gasteiger partial charge is 0.339 e. The molecule has 3 heterocycles. The molecule has 0 saturated carbocycles. The van der Waals surface area contributed by atoms with E-state index in [0.29, 0.717) is 5.82 Å². The fourth-order valence-electron chi connectivity index (χ4n) is 2.56. The van der Waals surface area contributed by atoms with Crippen molar-refractivity contribution >= 4 is 11.5 Å². The highest BCUT2D eigenvalue weighted by Crippen LogP contribution is 2.22. The molecule has 0 spiro atoms. The summed E-state index contributed by atoms with van der Waals surface area (Å²) in [5.74, 6) is 1.07. The van der Waals surface area contributed by atoms with Crippen LogP contribution >= 0.6 is 0 Å². The molecule has 0 aliphatic heterocycles. The van der Waals surface area contributed by atoms with Crippen molar-refractivity contribution in [3.05, 3.63) is 62.7 Å². The lowest BCUT2D eigenvalue weighted by Gasteiger charge is -2.10. The highest BCUT2D eigenvalue weighted by molar-refractivity contribution is 5.58. The molecule has 0 aliphatic rings. The Balaban J connectivity index is 2.03. The summed E-state index contributed by atoms with van der Waals surface area (Å²) in [6, 6.07) is 5.23. The first-order chi connectivity index (χ1) is 12.0. The standard InChI is InChI=1S/C17H20N6O2/c1-4-5-13-12(20-14-9-16(24)22(3)17(25)21-14)10-19-23(13)15-8-11(2)6-7-18-15/h6-10,20H,4-5H2,1-3H3,(H,21,25). The molecule has 3 aromatic rings. The summed E-state index contributed by atoms with van der Waals surface area (Å²) in [4.78, 5) is 30.6. The average Bonchev–Trinajstić information content (AvgIpc) is 2.95. The fourth-order valence-corrected chi connectivity index (χ4v) is 2.56. The molecule has 0 fully saturated rings. The molecule has 2 N–H and O–H groups in total. The van der Waals surface area contributed by atoms with Gasteiger partial charge in [0, 0.05) is 19.3 Å². The Morgan fingerprint density at radius 2 is 2.08 bits per heavy atom. The number of hydrogen-bond acceptors (Lipinski definition) is 5. The monoisotopic (exact) mass is 340 g/mol. The molecule has 0 radical (unpaired) electrons. The second-order valence-electron chi connectivity index (χ2n) is 5.87. The van der Waals surface area contributed by atoms with Crippen LogP contribution in [0.1, 0.15) is 24.6 Å². The van der Waals surface area contributed by atoms with Crippen LogP contribution in [0.15, 0.2) is 40.2 Å². The van der Waals surface area contributed by atoms with Gasteiger partial charge in [-0.2, -0.15) is 5.10 Å². The Hall–Kier alpha value is -3.16. The van der Waals surface area contributed by atoms with Crippen molar-refractivity contribution in [3.8, 4) is 5.82 Å². The van der Waals surface area contributed by atoms with E-state index < -0.39 is 5.69 Å². The molecule has 130 valence electrons. The average molecular weight is 340 g/mol. The molecule has 0 aliphatic carbocycles. The van der Waals surface area contributed by atoms with Gasteiger partial charge in [-0.1, -0.05) is 13.3 Å². The maximum absolute atomic E-state index is 11.8. The number of nitrogens with one attached hydrogen (secondary N) is 2. The van der Waals surface area contributed by atoms with Crippen LogP contribution in [-0.4, -0.2) is 24.3 Å². The van der Waals surface area contributed by atoms with Crippen LogP contribution in [0.5, 0.6) is 0 Å². The SMILES string of the molecule is CCCc1c(Nc2cc(=O)n(C)c(=O)[nH]2)cnn1-c1cc(C)ccn1. The van der Waals surface area contributed by atoms with Crippen LogP contribution in [0.3, 0.4) is 0 Å². The first kappa shape index (κ1) is 16.7. The Morgan fingerprint density at radius 1 is 1.28 bits per heavy atom. The van der Waals surface area contributed by atoms with Gasteiger partial charge in [0.05, 0.1) is 17.6 Å². The number of H-pyrrole nitrogens is 1.